The average Bonchev–Trinajstić information content (AvgIpc) is 3.07. The van der Waals surface area contributed by atoms with E-state index in [9.17, 15) is 24.1 Å². The molecule has 0 aliphatic carbocycles. The smallest absolute Gasteiger partial charge is 0.338 e. The van der Waals surface area contributed by atoms with Gasteiger partial charge in [0, 0.05) is 36.2 Å². The molecule has 2 aromatic carbocycles. The van der Waals surface area contributed by atoms with E-state index in [-0.39, 0.29) is 16.8 Å². The summed E-state index contributed by atoms with van der Waals surface area (Å²) >= 11 is 0. The second kappa shape index (κ2) is 9.15. The van der Waals surface area contributed by atoms with Gasteiger partial charge >= 0.3 is 5.97 Å². The van der Waals surface area contributed by atoms with Gasteiger partial charge in [0.15, 0.2) is 5.82 Å². The number of carbonyl (C=O) groups excluding carboxylic acids is 2. The Balaban J connectivity index is 1.66. The Morgan fingerprint density at radius 2 is 1.91 bits per heavy atom. The fraction of sp³-hybridized carbons (Fsp3) is 0.273. The Morgan fingerprint density at radius 1 is 1.12 bits per heavy atom. The minimum atomic E-state index is -0.839. The summed E-state index contributed by atoms with van der Waals surface area (Å²) in [5.41, 5.74) is -0.386. The zero-order valence-electron chi connectivity index (χ0n) is 17.7. The number of anilines is 1. The minimum absolute atomic E-state index is 0.130. The van der Waals surface area contributed by atoms with Gasteiger partial charge in [-0.3, -0.25) is 14.9 Å². The van der Waals surface area contributed by atoms with Crippen LogP contribution in [0, 0.1) is 15.9 Å². The monoisotopic (exact) mass is 453 g/mol. The number of halogens is 1. The van der Waals surface area contributed by atoms with Crippen molar-refractivity contribution in [2.45, 2.75) is 32.2 Å². The number of nitro benzene ring substituents is 1. The van der Waals surface area contributed by atoms with Crippen LogP contribution >= 0.6 is 0 Å². The molecule has 10 nitrogen and oxygen atoms in total. The van der Waals surface area contributed by atoms with Crippen molar-refractivity contribution in [1.29, 1.82) is 0 Å². The van der Waals surface area contributed by atoms with Crippen LogP contribution in [-0.4, -0.2) is 38.7 Å². The van der Waals surface area contributed by atoms with Gasteiger partial charge in [0.1, 0.15) is 11.6 Å². The van der Waals surface area contributed by atoms with Crippen molar-refractivity contribution in [2.24, 2.45) is 0 Å². The lowest BCUT2D eigenvalue weighted by Gasteiger charge is -2.11. The zero-order chi connectivity index (χ0) is 23.5. The summed E-state index contributed by atoms with van der Waals surface area (Å²) in [4.78, 5) is 35.1. The second-order valence-corrected chi connectivity index (χ2v) is 7.57. The number of hydrogen-bond donors (Lipinski definition) is 1. The molecule has 0 unspecified atom stereocenters. The fourth-order valence-electron chi connectivity index (χ4n) is 3.74. The van der Waals surface area contributed by atoms with E-state index in [2.05, 4.69) is 20.3 Å². The first kappa shape index (κ1) is 22.1. The zero-order valence-corrected chi connectivity index (χ0v) is 17.7. The quantitative estimate of drug-likeness (QED) is 0.354. The molecule has 1 aliphatic heterocycles. The number of benzene rings is 2. The van der Waals surface area contributed by atoms with Gasteiger partial charge < -0.3 is 14.6 Å². The highest BCUT2D eigenvalue weighted by Crippen LogP contribution is 2.27. The summed E-state index contributed by atoms with van der Waals surface area (Å²) in [6.07, 6.45) is 3.91. The number of carbonyl (C=O) groups is 2. The number of nitro groups is 1. The summed E-state index contributed by atoms with van der Waals surface area (Å²) in [5.74, 6) is -0.912. The molecular formula is C22H20FN5O5. The molecule has 4 rings (SSSR count). The first-order valence-corrected chi connectivity index (χ1v) is 10.3. The molecule has 1 aromatic heterocycles. The van der Waals surface area contributed by atoms with Crippen molar-refractivity contribution < 1.29 is 23.6 Å². The number of amides is 1. The standard InChI is InChI=1S/C22H20FN5O5/c1-33-22(30)15-9-14(10-16(11-15)28(31)32)21(29)24-18-12-13(6-7-17(18)23)20-26-25-19-5-3-2-4-8-27(19)20/h6-7,9-12H,2-5,8H2,1H3,(H,24,29). The summed E-state index contributed by atoms with van der Waals surface area (Å²) in [6.45, 7) is 0.751. The number of non-ortho nitro benzene ring substituents is 1. The molecule has 11 heteroatoms. The molecule has 3 aromatic rings. The van der Waals surface area contributed by atoms with E-state index in [4.69, 9.17) is 0 Å². The number of aryl methyl sites for hydroxylation is 1. The molecule has 1 aliphatic rings. The maximum atomic E-state index is 14.5. The lowest BCUT2D eigenvalue weighted by atomic mass is 10.1. The third-order valence-corrected chi connectivity index (χ3v) is 5.39. The Labute approximate surface area is 187 Å². The van der Waals surface area contributed by atoms with Crippen molar-refractivity contribution in [1.82, 2.24) is 14.8 Å². The minimum Gasteiger partial charge on any atom is -0.465 e. The maximum Gasteiger partial charge on any atom is 0.338 e. The van der Waals surface area contributed by atoms with Crippen molar-refractivity contribution in [3.8, 4) is 11.4 Å². The van der Waals surface area contributed by atoms with Gasteiger partial charge in [-0.15, -0.1) is 10.2 Å². The third kappa shape index (κ3) is 4.56. The third-order valence-electron chi connectivity index (χ3n) is 5.39. The number of fused-ring (bicyclic) bond motifs is 1. The first-order valence-electron chi connectivity index (χ1n) is 10.3. The van der Waals surface area contributed by atoms with Gasteiger partial charge in [-0.05, 0) is 37.1 Å². The highest BCUT2D eigenvalue weighted by Gasteiger charge is 2.21. The predicted octanol–water partition coefficient (Wildman–Crippen LogP) is 3.76. The number of hydrogen-bond acceptors (Lipinski definition) is 7. The summed E-state index contributed by atoms with van der Waals surface area (Å²) in [5, 5.41) is 22.1. The fourth-order valence-corrected chi connectivity index (χ4v) is 3.74. The summed E-state index contributed by atoms with van der Waals surface area (Å²) < 4.78 is 21.1. The van der Waals surface area contributed by atoms with E-state index in [0.717, 1.165) is 63.4 Å². The molecule has 0 bridgehead atoms. The number of aromatic nitrogens is 3. The van der Waals surface area contributed by atoms with Gasteiger partial charge in [-0.25, -0.2) is 9.18 Å². The van der Waals surface area contributed by atoms with Crippen LogP contribution in [0.1, 0.15) is 45.8 Å². The normalized spacial score (nSPS) is 13.0. The Morgan fingerprint density at radius 3 is 2.67 bits per heavy atom. The molecule has 2 heterocycles. The molecule has 0 radical (unpaired) electrons. The van der Waals surface area contributed by atoms with Crippen molar-refractivity contribution in [3.63, 3.8) is 0 Å². The van der Waals surface area contributed by atoms with Crippen LogP contribution in [0.3, 0.4) is 0 Å². The van der Waals surface area contributed by atoms with Crippen LogP contribution in [0.25, 0.3) is 11.4 Å². The Hall–Kier alpha value is -4.15. The van der Waals surface area contributed by atoms with Crippen molar-refractivity contribution >= 4 is 23.3 Å². The molecular weight excluding hydrogens is 433 g/mol. The molecule has 1 N–H and O–H groups in total. The molecule has 1 amide bonds. The number of rotatable bonds is 5. The van der Waals surface area contributed by atoms with E-state index < -0.39 is 28.3 Å². The van der Waals surface area contributed by atoms with Crippen LogP contribution in [0.4, 0.5) is 15.8 Å². The second-order valence-electron chi connectivity index (χ2n) is 7.57. The lowest BCUT2D eigenvalue weighted by molar-refractivity contribution is -0.384. The van der Waals surface area contributed by atoms with Crippen LogP contribution in [0.2, 0.25) is 0 Å². The number of nitrogens with zero attached hydrogens (tertiary/aromatic N) is 4. The van der Waals surface area contributed by atoms with Crippen LogP contribution < -0.4 is 5.32 Å². The van der Waals surface area contributed by atoms with Gasteiger partial charge in [0.05, 0.1) is 23.3 Å². The Bertz CT molecular complexity index is 1260. The van der Waals surface area contributed by atoms with E-state index in [0.29, 0.717) is 11.4 Å². The van der Waals surface area contributed by atoms with Crippen LogP contribution in [0.5, 0.6) is 0 Å². The summed E-state index contributed by atoms with van der Waals surface area (Å²) in [6, 6.07) is 7.34. The van der Waals surface area contributed by atoms with E-state index in [1.165, 1.54) is 12.1 Å². The highest BCUT2D eigenvalue weighted by molar-refractivity contribution is 6.06. The molecule has 0 saturated heterocycles. The predicted molar refractivity (Wildman–Crippen MR) is 115 cm³/mol. The Kier molecular flexibility index (Phi) is 6.11. The van der Waals surface area contributed by atoms with E-state index in [1.807, 2.05) is 4.57 Å². The average molecular weight is 453 g/mol. The highest BCUT2D eigenvalue weighted by atomic mass is 19.1. The molecule has 170 valence electrons. The van der Waals surface area contributed by atoms with Gasteiger partial charge in [0.25, 0.3) is 11.6 Å². The van der Waals surface area contributed by atoms with Crippen molar-refractivity contribution in [2.75, 3.05) is 12.4 Å². The lowest BCUT2D eigenvalue weighted by Crippen LogP contribution is -2.15. The molecule has 33 heavy (non-hydrogen) atoms. The first-order chi connectivity index (χ1) is 15.9. The van der Waals surface area contributed by atoms with E-state index >= 15 is 0 Å². The van der Waals surface area contributed by atoms with E-state index in [1.54, 1.807) is 6.07 Å². The number of ether oxygens (including phenoxy) is 1. The number of nitrogens with one attached hydrogen (secondary N) is 1. The molecule has 0 fully saturated rings. The molecule has 0 spiro atoms. The van der Waals surface area contributed by atoms with Gasteiger partial charge in [-0.1, -0.05) is 6.42 Å². The maximum absolute atomic E-state index is 14.5. The largest absolute Gasteiger partial charge is 0.465 e. The molecule has 0 saturated carbocycles. The number of esters is 1. The topological polar surface area (TPSA) is 129 Å². The van der Waals surface area contributed by atoms with Crippen molar-refractivity contribution in [3.05, 3.63) is 69.3 Å². The van der Waals surface area contributed by atoms with Gasteiger partial charge in [0.2, 0.25) is 0 Å². The van der Waals surface area contributed by atoms with Crippen LogP contribution in [0.15, 0.2) is 36.4 Å². The number of methoxy groups -OCH3 is 1. The SMILES string of the molecule is COC(=O)c1cc(C(=O)Nc2cc(-c3nnc4n3CCCCC4)ccc2F)cc([N+](=O)[O-])c1. The molecule has 0 atom stereocenters. The summed E-state index contributed by atoms with van der Waals surface area (Å²) in [7, 11) is 1.12. The van der Waals surface area contributed by atoms with Gasteiger partial charge in [-0.2, -0.15) is 0 Å². The van der Waals surface area contributed by atoms with Crippen LogP contribution in [-0.2, 0) is 17.7 Å².